The number of benzene rings is 2. The Morgan fingerprint density at radius 1 is 0.920 bits per heavy atom. The van der Waals surface area contributed by atoms with E-state index in [2.05, 4.69) is 10.3 Å². The quantitative estimate of drug-likeness (QED) is 0.678. The van der Waals surface area contributed by atoms with Crippen LogP contribution in [0.5, 0.6) is 0 Å². The number of nitrogens with zero attached hydrogens (tertiary/aromatic N) is 1. The summed E-state index contributed by atoms with van der Waals surface area (Å²) < 4.78 is 15.1. The van der Waals surface area contributed by atoms with E-state index in [-0.39, 0.29) is 11.4 Å². The van der Waals surface area contributed by atoms with Crippen LogP contribution in [0.2, 0.25) is 0 Å². The van der Waals surface area contributed by atoms with Crippen molar-refractivity contribution in [1.82, 2.24) is 4.98 Å². The topological polar surface area (TPSA) is 50.9 Å². The maximum atomic E-state index is 15.1. The Morgan fingerprint density at radius 2 is 1.56 bits per heavy atom. The summed E-state index contributed by atoms with van der Waals surface area (Å²) in [6, 6.07) is 16.6. The van der Waals surface area contributed by atoms with Gasteiger partial charge in [0.2, 0.25) is 0 Å². The Labute approximate surface area is 147 Å². The SMILES string of the molecule is CC(C)(C)Nc1ncc(-c2cccc(-c3ccccc3)c2F)cc1N. The second-order valence-corrected chi connectivity index (χ2v) is 7.07. The molecule has 128 valence electrons. The molecule has 0 aliphatic heterocycles. The standard InChI is InChI=1S/C21H22FN3/c1-21(2,3)25-20-18(23)12-15(13-24-20)17-11-7-10-16(19(17)22)14-8-5-4-6-9-14/h4-13H,23H2,1-3H3,(H,24,25). The van der Waals surface area contributed by atoms with Crippen LogP contribution in [-0.4, -0.2) is 10.5 Å². The third-order valence-electron chi connectivity index (χ3n) is 3.81. The lowest BCUT2D eigenvalue weighted by atomic mass is 9.98. The summed E-state index contributed by atoms with van der Waals surface area (Å²) in [7, 11) is 0. The molecule has 1 aromatic heterocycles. The van der Waals surface area contributed by atoms with Gasteiger partial charge in [0.1, 0.15) is 11.6 Å². The van der Waals surface area contributed by atoms with Crippen LogP contribution in [-0.2, 0) is 0 Å². The van der Waals surface area contributed by atoms with Crippen molar-refractivity contribution in [1.29, 1.82) is 0 Å². The number of hydrogen-bond donors (Lipinski definition) is 2. The summed E-state index contributed by atoms with van der Waals surface area (Å²) in [5.41, 5.74) is 9.02. The number of pyridine rings is 1. The number of halogens is 1. The highest BCUT2D eigenvalue weighted by Gasteiger charge is 2.15. The van der Waals surface area contributed by atoms with E-state index in [1.165, 1.54) is 0 Å². The zero-order chi connectivity index (χ0) is 18.0. The van der Waals surface area contributed by atoms with Crippen LogP contribution < -0.4 is 11.1 Å². The number of nitrogens with one attached hydrogen (secondary N) is 1. The molecule has 0 aliphatic rings. The number of nitrogen functional groups attached to an aromatic ring is 1. The first-order chi connectivity index (χ1) is 11.8. The molecule has 0 unspecified atom stereocenters. The number of nitrogens with two attached hydrogens (primary N) is 1. The van der Waals surface area contributed by atoms with Crippen molar-refractivity contribution in [3.05, 3.63) is 66.6 Å². The second kappa shape index (κ2) is 6.55. The van der Waals surface area contributed by atoms with Gasteiger partial charge in [0.25, 0.3) is 0 Å². The van der Waals surface area contributed by atoms with Crippen LogP contribution in [0.25, 0.3) is 22.3 Å². The van der Waals surface area contributed by atoms with Gasteiger partial charge in [0.05, 0.1) is 5.69 Å². The molecule has 1 heterocycles. The van der Waals surface area contributed by atoms with Crippen molar-refractivity contribution in [2.24, 2.45) is 0 Å². The lowest BCUT2D eigenvalue weighted by molar-refractivity contribution is 0.630. The molecule has 0 saturated heterocycles. The summed E-state index contributed by atoms with van der Waals surface area (Å²) in [6.45, 7) is 6.10. The molecule has 0 amide bonds. The molecular formula is C21H22FN3. The molecule has 0 radical (unpaired) electrons. The Kier molecular flexibility index (Phi) is 4.45. The van der Waals surface area contributed by atoms with E-state index < -0.39 is 0 Å². The molecule has 3 nitrogen and oxygen atoms in total. The third kappa shape index (κ3) is 3.79. The van der Waals surface area contributed by atoms with Gasteiger partial charge in [-0.15, -0.1) is 0 Å². The third-order valence-corrected chi connectivity index (χ3v) is 3.81. The minimum Gasteiger partial charge on any atom is -0.396 e. The average Bonchev–Trinajstić information content (AvgIpc) is 2.57. The predicted octanol–water partition coefficient (Wildman–Crippen LogP) is 5.35. The lowest BCUT2D eigenvalue weighted by Crippen LogP contribution is -2.27. The summed E-state index contributed by atoms with van der Waals surface area (Å²) in [5, 5.41) is 3.25. The van der Waals surface area contributed by atoms with Gasteiger partial charge in [-0.05, 0) is 32.4 Å². The first-order valence-corrected chi connectivity index (χ1v) is 8.23. The Morgan fingerprint density at radius 3 is 2.16 bits per heavy atom. The molecule has 0 aliphatic carbocycles. The predicted molar refractivity (Wildman–Crippen MR) is 103 cm³/mol. The number of anilines is 2. The first-order valence-electron chi connectivity index (χ1n) is 8.23. The smallest absolute Gasteiger partial charge is 0.149 e. The molecule has 2 aromatic carbocycles. The van der Waals surface area contributed by atoms with Gasteiger partial charge in [-0.1, -0.05) is 48.5 Å². The fourth-order valence-electron chi connectivity index (χ4n) is 2.68. The average molecular weight is 335 g/mol. The van der Waals surface area contributed by atoms with E-state index in [1.807, 2.05) is 57.2 Å². The van der Waals surface area contributed by atoms with Gasteiger partial charge in [0.15, 0.2) is 0 Å². The van der Waals surface area contributed by atoms with E-state index in [0.29, 0.717) is 28.2 Å². The largest absolute Gasteiger partial charge is 0.396 e. The summed E-state index contributed by atoms with van der Waals surface area (Å²) in [5.74, 6) is 0.335. The second-order valence-electron chi connectivity index (χ2n) is 7.07. The Balaban J connectivity index is 2.02. The van der Waals surface area contributed by atoms with E-state index in [9.17, 15) is 0 Å². The molecule has 3 N–H and O–H groups in total. The van der Waals surface area contributed by atoms with Crippen molar-refractivity contribution < 1.29 is 4.39 Å². The summed E-state index contributed by atoms with van der Waals surface area (Å²) in [6.07, 6.45) is 1.65. The highest BCUT2D eigenvalue weighted by Crippen LogP contribution is 2.32. The molecule has 0 fully saturated rings. The van der Waals surface area contributed by atoms with Crippen LogP contribution in [0.3, 0.4) is 0 Å². The van der Waals surface area contributed by atoms with Gasteiger partial charge >= 0.3 is 0 Å². The van der Waals surface area contributed by atoms with Crippen molar-refractivity contribution in [3.8, 4) is 22.3 Å². The van der Waals surface area contributed by atoms with Crippen LogP contribution in [0.1, 0.15) is 20.8 Å². The minimum atomic E-state index is -0.272. The highest BCUT2D eigenvalue weighted by atomic mass is 19.1. The molecule has 0 atom stereocenters. The maximum absolute atomic E-state index is 15.1. The van der Waals surface area contributed by atoms with E-state index in [4.69, 9.17) is 5.73 Å². The van der Waals surface area contributed by atoms with Crippen LogP contribution in [0.15, 0.2) is 60.8 Å². The minimum absolute atomic E-state index is 0.152. The molecule has 0 spiro atoms. The number of rotatable bonds is 3. The zero-order valence-electron chi connectivity index (χ0n) is 14.7. The van der Waals surface area contributed by atoms with Gasteiger partial charge in [-0.2, -0.15) is 0 Å². The zero-order valence-corrected chi connectivity index (χ0v) is 14.7. The van der Waals surface area contributed by atoms with Crippen molar-refractivity contribution in [2.45, 2.75) is 26.3 Å². The van der Waals surface area contributed by atoms with Crippen molar-refractivity contribution in [2.75, 3.05) is 11.1 Å². The fourth-order valence-corrected chi connectivity index (χ4v) is 2.68. The molecule has 3 rings (SSSR count). The van der Waals surface area contributed by atoms with Gasteiger partial charge in [0, 0.05) is 28.4 Å². The van der Waals surface area contributed by atoms with Crippen LogP contribution in [0.4, 0.5) is 15.9 Å². The molecule has 25 heavy (non-hydrogen) atoms. The molecular weight excluding hydrogens is 313 g/mol. The van der Waals surface area contributed by atoms with Gasteiger partial charge < -0.3 is 11.1 Å². The number of aromatic nitrogens is 1. The lowest BCUT2D eigenvalue weighted by Gasteiger charge is -2.22. The highest BCUT2D eigenvalue weighted by molar-refractivity contribution is 5.77. The van der Waals surface area contributed by atoms with Crippen molar-refractivity contribution >= 4 is 11.5 Å². The van der Waals surface area contributed by atoms with Gasteiger partial charge in [-0.3, -0.25) is 0 Å². The fraction of sp³-hybridized carbons (Fsp3) is 0.190. The van der Waals surface area contributed by atoms with E-state index >= 15 is 4.39 Å². The first kappa shape index (κ1) is 17.0. The monoisotopic (exact) mass is 335 g/mol. The van der Waals surface area contributed by atoms with Crippen molar-refractivity contribution in [3.63, 3.8) is 0 Å². The molecule has 3 aromatic rings. The normalized spacial score (nSPS) is 11.4. The van der Waals surface area contributed by atoms with Crippen LogP contribution in [0, 0.1) is 5.82 Å². The number of hydrogen-bond acceptors (Lipinski definition) is 3. The molecule has 0 saturated carbocycles. The molecule has 4 heteroatoms. The van der Waals surface area contributed by atoms with E-state index in [0.717, 1.165) is 5.56 Å². The Hall–Kier alpha value is -2.88. The Bertz CT molecular complexity index is 883. The maximum Gasteiger partial charge on any atom is 0.149 e. The van der Waals surface area contributed by atoms with Gasteiger partial charge in [-0.25, -0.2) is 9.37 Å². The van der Waals surface area contributed by atoms with E-state index in [1.54, 1.807) is 24.4 Å². The summed E-state index contributed by atoms with van der Waals surface area (Å²) >= 11 is 0. The van der Waals surface area contributed by atoms with Crippen LogP contribution >= 0.6 is 0 Å². The molecule has 0 bridgehead atoms. The summed E-state index contributed by atoms with van der Waals surface area (Å²) in [4.78, 5) is 4.38.